The predicted molar refractivity (Wildman–Crippen MR) is 84.9 cm³/mol. The first-order valence-electron chi connectivity index (χ1n) is 7.33. The molecule has 0 spiro atoms. The smallest absolute Gasteiger partial charge is 0.164 e. The van der Waals surface area contributed by atoms with Crippen molar-refractivity contribution in [2.24, 2.45) is 0 Å². The van der Waals surface area contributed by atoms with E-state index in [9.17, 15) is 4.39 Å². The maximum atomic E-state index is 14.2. The molecule has 0 amide bonds. The molecule has 0 fully saturated rings. The van der Waals surface area contributed by atoms with Gasteiger partial charge >= 0.3 is 0 Å². The summed E-state index contributed by atoms with van der Waals surface area (Å²) in [6, 6.07) is 3.23. The summed E-state index contributed by atoms with van der Waals surface area (Å²) in [6.07, 6.45) is 2.63. The average molecular weight is 300 g/mol. The summed E-state index contributed by atoms with van der Waals surface area (Å²) in [5, 5.41) is 0. The van der Waals surface area contributed by atoms with Crippen LogP contribution in [0.15, 0.2) is 12.1 Å². The Morgan fingerprint density at radius 2 is 1.65 bits per heavy atom. The second-order valence-electron chi connectivity index (χ2n) is 4.93. The molecule has 1 aromatic carbocycles. The van der Waals surface area contributed by atoms with Crippen molar-refractivity contribution in [2.75, 3.05) is 19.0 Å². The van der Waals surface area contributed by atoms with Crippen LogP contribution < -0.4 is 9.47 Å². The molecular weight excluding hydrogens is 275 g/mol. The lowest BCUT2D eigenvalue weighted by Gasteiger charge is -2.17. The topological polar surface area (TPSA) is 18.5 Å². The van der Waals surface area contributed by atoms with Crippen molar-refractivity contribution in [1.29, 1.82) is 0 Å². The van der Waals surface area contributed by atoms with Gasteiger partial charge in [-0.3, -0.25) is 0 Å². The maximum absolute atomic E-state index is 14.2. The van der Waals surface area contributed by atoms with Crippen molar-refractivity contribution in [1.82, 2.24) is 0 Å². The molecule has 4 heteroatoms. The predicted octanol–water partition coefficient (Wildman–Crippen LogP) is 4.83. The third-order valence-corrected chi connectivity index (χ3v) is 3.34. The zero-order valence-corrected chi connectivity index (χ0v) is 13.5. The first-order chi connectivity index (χ1) is 9.63. The van der Waals surface area contributed by atoms with Gasteiger partial charge in [-0.2, -0.15) is 12.6 Å². The Bertz CT molecular complexity index is 410. The molecule has 114 valence electrons. The van der Waals surface area contributed by atoms with Gasteiger partial charge in [0.25, 0.3) is 0 Å². The third kappa shape index (κ3) is 4.89. The van der Waals surface area contributed by atoms with E-state index in [0.29, 0.717) is 30.3 Å². The number of ether oxygens (including phenoxy) is 2. The zero-order chi connectivity index (χ0) is 15.0. The monoisotopic (exact) mass is 300 g/mol. The molecule has 2 nitrogen and oxygen atoms in total. The van der Waals surface area contributed by atoms with Gasteiger partial charge in [0.05, 0.1) is 13.2 Å². The van der Waals surface area contributed by atoms with Crippen molar-refractivity contribution in [3.63, 3.8) is 0 Å². The maximum Gasteiger partial charge on any atom is 0.164 e. The highest BCUT2D eigenvalue weighted by molar-refractivity contribution is 7.80. The second-order valence-corrected chi connectivity index (χ2v) is 5.38. The van der Waals surface area contributed by atoms with Crippen LogP contribution in [0.25, 0.3) is 0 Å². The third-order valence-electron chi connectivity index (χ3n) is 3.08. The van der Waals surface area contributed by atoms with Crippen molar-refractivity contribution in [3.05, 3.63) is 23.5 Å². The van der Waals surface area contributed by atoms with Crippen LogP contribution in [0, 0.1) is 5.82 Å². The number of hydrogen-bond donors (Lipinski definition) is 1. The lowest BCUT2D eigenvalue weighted by Crippen LogP contribution is -2.05. The van der Waals surface area contributed by atoms with E-state index in [4.69, 9.17) is 9.47 Å². The lowest BCUT2D eigenvalue weighted by atomic mass is 9.97. The Morgan fingerprint density at radius 3 is 2.15 bits per heavy atom. The molecule has 1 rings (SSSR count). The van der Waals surface area contributed by atoms with Crippen molar-refractivity contribution < 1.29 is 13.9 Å². The van der Waals surface area contributed by atoms with Crippen LogP contribution in [-0.2, 0) is 0 Å². The van der Waals surface area contributed by atoms with E-state index in [1.165, 1.54) is 6.07 Å². The van der Waals surface area contributed by atoms with Gasteiger partial charge in [-0.05, 0) is 42.6 Å². The minimum absolute atomic E-state index is 0.122. The standard InChI is InChI=1S/C16H25FO2S/c1-4-7-18-15-10-13(12(3)6-9-20)14(17)11-16(15)19-8-5-2/h10-12,20H,4-9H2,1-3H3. The molecule has 0 bridgehead atoms. The molecule has 0 saturated heterocycles. The summed E-state index contributed by atoms with van der Waals surface area (Å²) >= 11 is 4.21. The van der Waals surface area contributed by atoms with Crippen LogP contribution in [0.3, 0.4) is 0 Å². The van der Waals surface area contributed by atoms with Gasteiger partial charge in [0.15, 0.2) is 11.5 Å². The fraction of sp³-hybridized carbons (Fsp3) is 0.625. The Balaban J connectivity index is 3.03. The molecule has 0 aliphatic rings. The molecule has 0 N–H and O–H groups in total. The Morgan fingerprint density at radius 1 is 1.10 bits per heavy atom. The number of hydrogen-bond acceptors (Lipinski definition) is 3. The van der Waals surface area contributed by atoms with E-state index in [1.54, 1.807) is 6.07 Å². The van der Waals surface area contributed by atoms with Crippen LogP contribution in [0.5, 0.6) is 11.5 Å². The molecule has 20 heavy (non-hydrogen) atoms. The van der Waals surface area contributed by atoms with Crippen LogP contribution in [0.1, 0.15) is 51.5 Å². The Labute approximate surface area is 127 Å². The first kappa shape index (κ1) is 17.2. The average Bonchev–Trinajstić information content (AvgIpc) is 2.44. The van der Waals surface area contributed by atoms with E-state index in [2.05, 4.69) is 12.6 Å². The van der Waals surface area contributed by atoms with Crippen molar-refractivity contribution >= 4 is 12.6 Å². The molecule has 1 atom stereocenters. The highest BCUT2D eigenvalue weighted by atomic mass is 32.1. The van der Waals surface area contributed by atoms with Gasteiger partial charge in [-0.25, -0.2) is 4.39 Å². The highest BCUT2D eigenvalue weighted by Crippen LogP contribution is 2.34. The second kappa shape index (κ2) is 9.11. The molecule has 1 aromatic rings. The number of halogens is 1. The van der Waals surface area contributed by atoms with E-state index in [0.717, 1.165) is 25.0 Å². The lowest BCUT2D eigenvalue weighted by molar-refractivity contribution is 0.266. The van der Waals surface area contributed by atoms with Gasteiger partial charge in [0, 0.05) is 6.07 Å². The number of rotatable bonds is 9. The summed E-state index contributed by atoms with van der Waals surface area (Å²) in [5.74, 6) is 1.77. The Kier molecular flexibility index (Phi) is 7.82. The summed E-state index contributed by atoms with van der Waals surface area (Å²) in [6.45, 7) is 7.24. The zero-order valence-electron chi connectivity index (χ0n) is 12.6. The fourth-order valence-corrected chi connectivity index (χ4v) is 2.31. The molecule has 1 unspecified atom stereocenters. The van der Waals surface area contributed by atoms with Crippen LogP contribution in [0.2, 0.25) is 0 Å². The highest BCUT2D eigenvalue weighted by Gasteiger charge is 2.16. The van der Waals surface area contributed by atoms with Gasteiger partial charge in [-0.15, -0.1) is 0 Å². The van der Waals surface area contributed by atoms with Crippen LogP contribution in [0.4, 0.5) is 4.39 Å². The number of benzene rings is 1. The van der Waals surface area contributed by atoms with E-state index in [-0.39, 0.29) is 11.7 Å². The summed E-state index contributed by atoms with van der Waals surface area (Å²) in [4.78, 5) is 0. The molecule has 0 radical (unpaired) electrons. The van der Waals surface area contributed by atoms with E-state index >= 15 is 0 Å². The van der Waals surface area contributed by atoms with Gasteiger partial charge < -0.3 is 9.47 Å². The van der Waals surface area contributed by atoms with Crippen molar-refractivity contribution in [3.8, 4) is 11.5 Å². The largest absolute Gasteiger partial charge is 0.490 e. The normalized spacial score (nSPS) is 12.2. The first-order valence-corrected chi connectivity index (χ1v) is 7.97. The molecule has 0 aliphatic carbocycles. The van der Waals surface area contributed by atoms with E-state index in [1.807, 2.05) is 20.8 Å². The molecule has 0 saturated carbocycles. The van der Waals surface area contributed by atoms with Gasteiger partial charge in [0.2, 0.25) is 0 Å². The summed E-state index contributed by atoms with van der Waals surface area (Å²) in [5.41, 5.74) is 0.675. The summed E-state index contributed by atoms with van der Waals surface area (Å²) < 4.78 is 25.5. The minimum Gasteiger partial charge on any atom is -0.490 e. The quantitative estimate of drug-likeness (QED) is 0.659. The van der Waals surface area contributed by atoms with Gasteiger partial charge in [0.1, 0.15) is 5.82 Å². The fourth-order valence-electron chi connectivity index (χ4n) is 1.93. The van der Waals surface area contributed by atoms with Crippen molar-refractivity contribution in [2.45, 2.75) is 46.0 Å². The summed E-state index contributed by atoms with van der Waals surface area (Å²) in [7, 11) is 0. The molecular formula is C16H25FO2S. The van der Waals surface area contributed by atoms with Crippen LogP contribution in [-0.4, -0.2) is 19.0 Å². The Hall–Kier alpha value is -0.900. The van der Waals surface area contributed by atoms with Crippen LogP contribution >= 0.6 is 12.6 Å². The molecule has 0 aromatic heterocycles. The SMILES string of the molecule is CCCOc1cc(F)c(C(C)CCS)cc1OCCC. The molecule has 0 heterocycles. The van der Waals surface area contributed by atoms with E-state index < -0.39 is 0 Å². The number of thiol groups is 1. The minimum atomic E-state index is -0.228. The molecule has 0 aliphatic heterocycles. The van der Waals surface area contributed by atoms with Gasteiger partial charge in [-0.1, -0.05) is 20.8 Å².